The van der Waals surface area contributed by atoms with Gasteiger partial charge in [0.15, 0.2) is 5.75 Å². The summed E-state index contributed by atoms with van der Waals surface area (Å²) in [6.45, 7) is 12.7. The van der Waals surface area contributed by atoms with Crippen molar-refractivity contribution in [1.29, 1.82) is 0 Å². The maximum absolute atomic E-state index is 6.44. The van der Waals surface area contributed by atoms with Crippen LogP contribution in [0.5, 0.6) is 5.75 Å². The monoisotopic (exact) mass is 490 g/mol. The van der Waals surface area contributed by atoms with E-state index in [-0.39, 0.29) is 11.5 Å². The van der Waals surface area contributed by atoms with Crippen molar-refractivity contribution in [2.75, 3.05) is 50.8 Å². The summed E-state index contributed by atoms with van der Waals surface area (Å²) in [6.07, 6.45) is 8.77. The Hall–Kier alpha value is -2.85. The molecule has 0 amide bonds. The van der Waals surface area contributed by atoms with E-state index in [1.165, 1.54) is 25.8 Å². The summed E-state index contributed by atoms with van der Waals surface area (Å²) in [5, 5.41) is 4.46. The molecule has 10 nitrogen and oxygen atoms in total. The van der Waals surface area contributed by atoms with E-state index in [2.05, 4.69) is 24.9 Å². The van der Waals surface area contributed by atoms with E-state index in [0.717, 1.165) is 74.5 Å². The molecule has 5 heterocycles. The van der Waals surface area contributed by atoms with E-state index in [1.807, 2.05) is 33.2 Å². The quantitative estimate of drug-likeness (QED) is 0.516. The SMILES string of the molecule is Cc1nc2nc(C)c(O[C@@H]3CCN(c4cnc(C56CC(CN7CCOCC7)(C5)C6)nc4)C3)c(C)n2n1. The molecule has 3 aliphatic carbocycles. The average molecular weight is 491 g/mol. The number of hydrogen-bond acceptors (Lipinski definition) is 9. The number of morpholine rings is 1. The number of aromatic nitrogens is 6. The molecule has 0 N–H and O–H groups in total. The summed E-state index contributed by atoms with van der Waals surface area (Å²) in [5.41, 5.74) is 3.59. The van der Waals surface area contributed by atoms with Crippen molar-refractivity contribution in [2.45, 2.75) is 58.0 Å². The molecule has 5 fully saturated rings. The second-order valence-corrected chi connectivity index (χ2v) is 11.4. The minimum absolute atomic E-state index is 0.0867. The number of ether oxygens (including phenoxy) is 2. The van der Waals surface area contributed by atoms with Crippen molar-refractivity contribution in [2.24, 2.45) is 5.41 Å². The minimum Gasteiger partial charge on any atom is -0.485 e. The second kappa shape index (κ2) is 8.08. The molecule has 3 saturated carbocycles. The molecule has 0 unspecified atom stereocenters. The van der Waals surface area contributed by atoms with E-state index in [9.17, 15) is 0 Å². The van der Waals surface area contributed by atoms with E-state index >= 15 is 0 Å². The zero-order chi connectivity index (χ0) is 24.5. The molecule has 2 saturated heterocycles. The first kappa shape index (κ1) is 22.4. The molecule has 3 aromatic heterocycles. The molecule has 2 aliphatic heterocycles. The summed E-state index contributed by atoms with van der Waals surface area (Å²) in [4.78, 5) is 23.6. The van der Waals surface area contributed by atoms with Crippen LogP contribution in [-0.2, 0) is 10.2 Å². The van der Waals surface area contributed by atoms with Crippen molar-refractivity contribution >= 4 is 11.5 Å². The van der Waals surface area contributed by atoms with Crippen LogP contribution in [0.2, 0.25) is 0 Å². The van der Waals surface area contributed by atoms with E-state index in [0.29, 0.717) is 17.0 Å². The van der Waals surface area contributed by atoms with E-state index in [1.54, 1.807) is 4.52 Å². The predicted octanol–water partition coefficient (Wildman–Crippen LogP) is 2.25. The van der Waals surface area contributed by atoms with Gasteiger partial charge in [-0.15, -0.1) is 5.10 Å². The van der Waals surface area contributed by atoms with Crippen LogP contribution in [0.4, 0.5) is 5.69 Å². The van der Waals surface area contributed by atoms with Gasteiger partial charge in [-0.2, -0.15) is 9.50 Å². The molecule has 0 radical (unpaired) electrons. The standard InChI is InChI=1S/C26H34N8O2/c1-17-22(18(2)34-24(29-17)30-19(3)31-34)36-21-4-5-33(12-21)20-10-27-23(28-11-20)26-13-25(14-26,15-26)16-32-6-8-35-9-7-32/h10-11,21H,4-9,12-16H2,1-3H3/t21-,25?,26?/m1/s1. The van der Waals surface area contributed by atoms with Gasteiger partial charge < -0.3 is 14.4 Å². The fourth-order valence-electron chi connectivity index (χ4n) is 7.05. The first-order chi connectivity index (χ1) is 17.4. The van der Waals surface area contributed by atoms with Crippen LogP contribution in [0.25, 0.3) is 5.78 Å². The van der Waals surface area contributed by atoms with Gasteiger partial charge in [-0.05, 0) is 45.4 Å². The smallest absolute Gasteiger partial charge is 0.253 e. The molecule has 3 aromatic rings. The maximum Gasteiger partial charge on any atom is 0.253 e. The van der Waals surface area contributed by atoms with Gasteiger partial charge in [0.25, 0.3) is 5.78 Å². The van der Waals surface area contributed by atoms with Crippen LogP contribution in [0.3, 0.4) is 0 Å². The third kappa shape index (κ3) is 3.56. The molecule has 1 atom stereocenters. The first-order valence-corrected chi connectivity index (χ1v) is 13.2. The first-order valence-electron chi connectivity index (χ1n) is 13.2. The van der Waals surface area contributed by atoms with Crippen molar-refractivity contribution < 1.29 is 9.47 Å². The Morgan fingerprint density at radius 1 is 1.03 bits per heavy atom. The highest BCUT2D eigenvalue weighted by Gasteiger charge is 2.69. The summed E-state index contributed by atoms with van der Waals surface area (Å²) < 4.78 is 13.7. The Bertz CT molecular complexity index is 1280. The topological polar surface area (TPSA) is 93.8 Å². The highest BCUT2D eigenvalue weighted by atomic mass is 16.5. The normalized spacial score (nSPS) is 29.9. The van der Waals surface area contributed by atoms with Crippen LogP contribution in [0.1, 0.15) is 48.7 Å². The Kier molecular flexibility index (Phi) is 5.02. The molecule has 0 spiro atoms. The van der Waals surface area contributed by atoms with Crippen LogP contribution < -0.4 is 9.64 Å². The highest BCUT2D eigenvalue weighted by molar-refractivity contribution is 5.45. The van der Waals surface area contributed by atoms with Gasteiger partial charge in [0.1, 0.15) is 17.8 Å². The van der Waals surface area contributed by atoms with Gasteiger partial charge in [-0.25, -0.2) is 15.0 Å². The van der Waals surface area contributed by atoms with Gasteiger partial charge in [0.2, 0.25) is 0 Å². The van der Waals surface area contributed by atoms with Crippen molar-refractivity contribution in [1.82, 2.24) is 34.4 Å². The number of aryl methyl sites for hydroxylation is 3. The Labute approximate surface area is 211 Å². The average Bonchev–Trinajstić information content (AvgIpc) is 3.45. The van der Waals surface area contributed by atoms with E-state index in [4.69, 9.17) is 19.4 Å². The summed E-state index contributed by atoms with van der Waals surface area (Å²) in [6, 6.07) is 0. The largest absolute Gasteiger partial charge is 0.485 e. The fraction of sp³-hybridized carbons (Fsp3) is 0.654. The van der Waals surface area contributed by atoms with Crippen molar-refractivity contribution in [3.63, 3.8) is 0 Å². The summed E-state index contributed by atoms with van der Waals surface area (Å²) in [5.74, 6) is 3.18. The second-order valence-electron chi connectivity index (χ2n) is 11.4. The molecule has 190 valence electrons. The Balaban J connectivity index is 0.977. The van der Waals surface area contributed by atoms with Crippen LogP contribution in [-0.4, -0.2) is 86.5 Å². The summed E-state index contributed by atoms with van der Waals surface area (Å²) in [7, 11) is 0. The molecular formula is C26H34N8O2. The fourth-order valence-corrected chi connectivity index (χ4v) is 7.05. The summed E-state index contributed by atoms with van der Waals surface area (Å²) >= 11 is 0. The molecule has 0 aromatic carbocycles. The molecule has 5 aliphatic rings. The lowest BCUT2D eigenvalue weighted by atomic mass is 9.34. The zero-order valence-electron chi connectivity index (χ0n) is 21.4. The molecule has 8 rings (SSSR count). The van der Waals surface area contributed by atoms with Gasteiger partial charge in [-0.1, -0.05) is 0 Å². The van der Waals surface area contributed by atoms with Gasteiger partial charge in [-0.3, -0.25) is 4.90 Å². The van der Waals surface area contributed by atoms with Crippen LogP contribution >= 0.6 is 0 Å². The predicted molar refractivity (Wildman–Crippen MR) is 133 cm³/mol. The lowest BCUT2D eigenvalue weighted by Gasteiger charge is -2.70. The lowest BCUT2D eigenvalue weighted by molar-refractivity contribution is -0.166. The van der Waals surface area contributed by atoms with Crippen LogP contribution in [0.15, 0.2) is 12.4 Å². The third-order valence-electron chi connectivity index (χ3n) is 8.65. The molecule has 10 heteroatoms. The zero-order valence-corrected chi connectivity index (χ0v) is 21.4. The molecule has 36 heavy (non-hydrogen) atoms. The minimum atomic E-state index is 0.0867. The molecule has 2 bridgehead atoms. The van der Waals surface area contributed by atoms with Gasteiger partial charge in [0.05, 0.1) is 49.2 Å². The van der Waals surface area contributed by atoms with E-state index < -0.39 is 0 Å². The number of anilines is 1. The third-order valence-corrected chi connectivity index (χ3v) is 8.65. The number of fused-ring (bicyclic) bond motifs is 1. The number of hydrogen-bond donors (Lipinski definition) is 0. The van der Waals surface area contributed by atoms with Gasteiger partial charge >= 0.3 is 0 Å². The van der Waals surface area contributed by atoms with Crippen molar-refractivity contribution in [3.8, 4) is 5.75 Å². The van der Waals surface area contributed by atoms with Crippen LogP contribution in [0, 0.1) is 26.2 Å². The van der Waals surface area contributed by atoms with Gasteiger partial charge in [0, 0.05) is 38.0 Å². The highest BCUT2D eigenvalue weighted by Crippen LogP contribution is 2.73. The lowest BCUT2D eigenvalue weighted by Crippen LogP contribution is -2.69. The number of rotatable bonds is 6. The molecular weight excluding hydrogens is 456 g/mol. The Morgan fingerprint density at radius 3 is 2.53 bits per heavy atom. The maximum atomic E-state index is 6.44. The van der Waals surface area contributed by atoms with Crippen molar-refractivity contribution in [3.05, 3.63) is 35.4 Å². The Morgan fingerprint density at radius 2 is 1.78 bits per heavy atom. The number of nitrogens with zero attached hydrogens (tertiary/aromatic N) is 8.